The number of amides is 1. The summed E-state index contributed by atoms with van der Waals surface area (Å²) in [6.45, 7) is 1.75. The Labute approximate surface area is 169 Å². The molecule has 0 bridgehead atoms. The van der Waals surface area contributed by atoms with Crippen molar-refractivity contribution in [3.8, 4) is 5.75 Å². The number of ether oxygens (including phenoxy) is 1. The summed E-state index contributed by atoms with van der Waals surface area (Å²) in [4.78, 5) is 12.7. The average Bonchev–Trinajstić information content (AvgIpc) is 2.74. The Hall–Kier alpha value is -3.93. The number of aliphatic hydroxyl groups excluding tert-OH is 1. The van der Waals surface area contributed by atoms with Crippen molar-refractivity contribution in [2.24, 2.45) is 10.2 Å². The lowest BCUT2D eigenvalue weighted by Crippen LogP contribution is -2.15. The van der Waals surface area contributed by atoms with Gasteiger partial charge in [-0.25, -0.2) is 0 Å². The molecule has 3 aromatic rings. The van der Waals surface area contributed by atoms with Crippen molar-refractivity contribution in [1.82, 2.24) is 0 Å². The van der Waals surface area contributed by atoms with Crippen LogP contribution in [0.2, 0.25) is 0 Å². The van der Waals surface area contributed by atoms with E-state index in [1.165, 1.54) is 6.92 Å². The van der Waals surface area contributed by atoms with Gasteiger partial charge in [-0.05, 0) is 36.8 Å². The topological polar surface area (TPSA) is 83.3 Å². The highest BCUT2D eigenvalue weighted by atomic mass is 16.5. The van der Waals surface area contributed by atoms with E-state index in [1.807, 2.05) is 54.6 Å². The summed E-state index contributed by atoms with van der Waals surface area (Å²) in [6.07, 6.45) is 0. The van der Waals surface area contributed by atoms with Gasteiger partial charge in [0.2, 0.25) is 0 Å². The van der Waals surface area contributed by atoms with Crippen molar-refractivity contribution >= 4 is 17.3 Å². The number of para-hydroxylation sites is 2. The maximum Gasteiger partial charge on any atom is 0.279 e. The monoisotopic (exact) mass is 387 g/mol. The minimum atomic E-state index is -0.583. The van der Waals surface area contributed by atoms with Crippen LogP contribution in [0, 0.1) is 0 Å². The maximum atomic E-state index is 12.7. The fourth-order valence-electron chi connectivity index (χ4n) is 2.50. The van der Waals surface area contributed by atoms with Gasteiger partial charge in [0.05, 0.1) is 11.4 Å². The zero-order valence-corrected chi connectivity index (χ0v) is 15.9. The van der Waals surface area contributed by atoms with Gasteiger partial charge in [-0.3, -0.25) is 4.79 Å². The van der Waals surface area contributed by atoms with Gasteiger partial charge in [0.25, 0.3) is 5.91 Å². The maximum absolute atomic E-state index is 12.7. The molecular formula is C23H21N3O3. The molecule has 0 spiro atoms. The Morgan fingerprint density at radius 2 is 1.55 bits per heavy atom. The third-order valence-electron chi connectivity index (χ3n) is 3.95. The Bertz CT molecular complexity index is 1010. The molecule has 0 fully saturated rings. The number of azo groups is 1. The first-order valence-electron chi connectivity index (χ1n) is 9.07. The molecule has 0 aromatic heterocycles. The van der Waals surface area contributed by atoms with Crippen LogP contribution in [-0.4, -0.2) is 11.0 Å². The summed E-state index contributed by atoms with van der Waals surface area (Å²) in [5, 5.41) is 20.5. The van der Waals surface area contributed by atoms with Gasteiger partial charge in [-0.2, -0.15) is 5.11 Å². The number of anilines is 1. The summed E-state index contributed by atoms with van der Waals surface area (Å²) >= 11 is 0. The Morgan fingerprint density at radius 1 is 0.931 bits per heavy atom. The second-order valence-electron chi connectivity index (χ2n) is 6.19. The molecule has 29 heavy (non-hydrogen) atoms. The number of hydrogen-bond acceptors (Lipinski definition) is 5. The van der Waals surface area contributed by atoms with E-state index >= 15 is 0 Å². The Balaban J connectivity index is 1.73. The highest BCUT2D eigenvalue weighted by molar-refractivity contribution is 6.04. The number of allylic oxidation sites excluding steroid dienone is 1. The summed E-state index contributed by atoms with van der Waals surface area (Å²) in [5.74, 6) is -0.301. The number of nitrogens with zero attached hydrogens (tertiary/aromatic N) is 2. The van der Waals surface area contributed by atoms with Gasteiger partial charge in [0, 0.05) is 0 Å². The number of rotatable bonds is 7. The van der Waals surface area contributed by atoms with Crippen molar-refractivity contribution in [3.05, 3.63) is 102 Å². The lowest BCUT2D eigenvalue weighted by Gasteiger charge is -2.12. The molecule has 6 nitrogen and oxygen atoms in total. The highest BCUT2D eigenvalue weighted by Gasteiger charge is 2.15. The average molecular weight is 387 g/mol. The number of benzene rings is 3. The largest absolute Gasteiger partial charge is 0.510 e. The molecule has 3 rings (SSSR count). The zero-order chi connectivity index (χ0) is 20.5. The van der Waals surface area contributed by atoms with E-state index in [0.717, 1.165) is 5.56 Å². The molecule has 146 valence electrons. The summed E-state index contributed by atoms with van der Waals surface area (Å²) < 4.78 is 5.85. The fraction of sp³-hybridized carbons (Fsp3) is 0.0870. The van der Waals surface area contributed by atoms with Crippen LogP contribution in [0.1, 0.15) is 12.5 Å². The van der Waals surface area contributed by atoms with Crippen LogP contribution in [0.25, 0.3) is 0 Å². The van der Waals surface area contributed by atoms with Crippen molar-refractivity contribution < 1.29 is 14.6 Å². The molecule has 0 aliphatic heterocycles. The second-order valence-corrected chi connectivity index (χ2v) is 6.19. The summed E-state index contributed by atoms with van der Waals surface area (Å²) in [7, 11) is 0. The number of carbonyl (C=O) groups is 1. The van der Waals surface area contributed by atoms with Crippen LogP contribution in [0.3, 0.4) is 0 Å². The smallest absolute Gasteiger partial charge is 0.279 e. The van der Waals surface area contributed by atoms with Crippen molar-refractivity contribution in [1.29, 1.82) is 0 Å². The SMILES string of the molecule is C/C(O)=C(\N=Nc1ccccc1)C(=O)Nc1ccccc1OCc1ccccc1. The third-order valence-corrected chi connectivity index (χ3v) is 3.95. The van der Waals surface area contributed by atoms with Gasteiger partial charge >= 0.3 is 0 Å². The van der Waals surface area contributed by atoms with Crippen LogP contribution in [0.5, 0.6) is 5.75 Å². The number of hydrogen-bond donors (Lipinski definition) is 2. The van der Waals surface area contributed by atoms with Gasteiger partial charge in [0.1, 0.15) is 18.1 Å². The van der Waals surface area contributed by atoms with Gasteiger partial charge in [-0.15, -0.1) is 5.11 Å². The molecule has 0 saturated carbocycles. The summed E-state index contributed by atoms with van der Waals surface area (Å²) in [5.41, 5.74) is 1.89. The summed E-state index contributed by atoms with van der Waals surface area (Å²) in [6, 6.07) is 25.8. The fourth-order valence-corrected chi connectivity index (χ4v) is 2.50. The molecule has 0 aliphatic carbocycles. The first-order chi connectivity index (χ1) is 14.1. The predicted octanol–water partition coefficient (Wildman–Crippen LogP) is 5.78. The quantitative estimate of drug-likeness (QED) is 0.306. The number of carbonyl (C=O) groups excluding carboxylic acids is 1. The van der Waals surface area contributed by atoms with E-state index in [1.54, 1.807) is 30.3 Å². The Kier molecular flexibility index (Phi) is 6.73. The highest BCUT2D eigenvalue weighted by Crippen LogP contribution is 2.26. The molecule has 3 aromatic carbocycles. The van der Waals surface area contributed by atoms with Crippen LogP contribution < -0.4 is 10.1 Å². The number of aliphatic hydroxyl groups is 1. The number of nitrogens with one attached hydrogen (secondary N) is 1. The van der Waals surface area contributed by atoms with E-state index in [2.05, 4.69) is 15.5 Å². The minimum absolute atomic E-state index is 0.174. The molecular weight excluding hydrogens is 366 g/mol. The molecule has 6 heteroatoms. The lowest BCUT2D eigenvalue weighted by molar-refractivity contribution is -0.113. The third kappa shape index (κ3) is 5.77. The van der Waals surface area contributed by atoms with Crippen molar-refractivity contribution in [3.63, 3.8) is 0 Å². The molecule has 0 saturated heterocycles. The molecule has 0 aliphatic rings. The first-order valence-corrected chi connectivity index (χ1v) is 9.07. The zero-order valence-electron chi connectivity index (χ0n) is 15.9. The Morgan fingerprint density at radius 3 is 2.24 bits per heavy atom. The van der Waals surface area contributed by atoms with E-state index < -0.39 is 5.91 Å². The van der Waals surface area contributed by atoms with E-state index in [9.17, 15) is 9.90 Å². The van der Waals surface area contributed by atoms with Gasteiger partial charge < -0.3 is 15.2 Å². The van der Waals surface area contributed by atoms with Crippen LogP contribution >= 0.6 is 0 Å². The van der Waals surface area contributed by atoms with Gasteiger partial charge in [-0.1, -0.05) is 60.7 Å². The van der Waals surface area contributed by atoms with Gasteiger partial charge in [0.15, 0.2) is 5.70 Å². The van der Waals surface area contributed by atoms with E-state index in [4.69, 9.17) is 4.74 Å². The van der Waals surface area contributed by atoms with Crippen molar-refractivity contribution in [2.45, 2.75) is 13.5 Å². The van der Waals surface area contributed by atoms with Crippen LogP contribution in [-0.2, 0) is 11.4 Å². The first kappa shape index (κ1) is 19.8. The molecule has 0 unspecified atom stereocenters. The van der Waals surface area contributed by atoms with Crippen LogP contribution in [0.4, 0.5) is 11.4 Å². The van der Waals surface area contributed by atoms with E-state index in [-0.39, 0.29) is 11.5 Å². The van der Waals surface area contributed by atoms with E-state index in [0.29, 0.717) is 23.7 Å². The molecule has 0 atom stereocenters. The molecule has 1 amide bonds. The molecule has 0 radical (unpaired) electrons. The molecule has 0 heterocycles. The second kappa shape index (κ2) is 9.85. The predicted molar refractivity (Wildman–Crippen MR) is 112 cm³/mol. The van der Waals surface area contributed by atoms with Crippen molar-refractivity contribution in [2.75, 3.05) is 5.32 Å². The minimum Gasteiger partial charge on any atom is -0.510 e. The standard InChI is InChI=1S/C23H21N3O3/c1-17(27)22(26-25-19-12-6-3-7-13-19)23(28)24-20-14-8-9-15-21(20)29-16-18-10-4-2-5-11-18/h2-15,27H,16H2,1H3,(H,24,28)/b22-17+,26-25?. The normalized spacial score (nSPS) is 11.8. The lowest BCUT2D eigenvalue weighted by atomic mass is 10.2. The molecule has 2 N–H and O–H groups in total. The van der Waals surface area contributed by atoms with Crippen LogP contribution in [0.15, 0.2) is 107 Å².